The van der Waals surface area contributed by atoms with Gasteiger partial charge >= 0.3 is 5.63 Å². The molecule has 0 aliphatic heterocycles. The Labute approximate surface area is 180 Å². The summed E-state index contributed by atoms with van der Waals surface area (Å²) in [4.78, 5) is 25.8. The van der Waals surface area contributed by atoms with Crippen molar-refractivity contribution in [2.45, 2.75) is 33.2 Å². The lowest BCUT2D eigenvalue weighted by Gasteiger charge is -2.28. The van der Waals surface area contributed by atoms with Gasteiger partial charge < -0.3 is 14.3 Å². The molecule has 8 heteroatoms. The van der Waals surface area contributed by atoms with E-state index in [1.54, 1.807) is 24.3 Å². The van der Waals surface area contributed by atoms with Crippen molar-refractivity contribution < 1.29 is 19.1 Å². The van der Waals surface area contributed by atoms with Crippen molar-refractivity contribution in [1.29, 1.82) is 0 Å². The molecular weight excluding hydrogens is 398 g/mol. The Morgan fingerprint density at radius 3 is 2.84 bits per heavy atom. The quantitative estimate of drug-likeness (QED) is 0.383. The smallest absolute Gasteiger partial charge is 0.336 e. The van der Waals surface area contributed by atoms with E-state index >= 15 is 0 Å². The van der Waals surface area contributed by atoms with Gasteiger partial charge in [-0.05, 0) is 50.2 Å². The van der Waals surface area contributed by atoms with Gasteiger partial charge in [-0.3, -0.25) is 9.69 Å². The van der Waals surface area contributed by atoms with Crippen LogP contribution in [0.1, 0.15) is 25.8 Å². The Bertz CT molecular complexity index is 1100. The number of aryl methyl sites for hydroxylation is 1. The summed E-state index contributed by atoms with van der Waals surface area (Å²) in [5.41, 5.74) is 3.70. The first-order valence-electron chi connectivity index (χ1n) is 10.3. The van der Waals surface area contributed by atoms with Gasteiger partial charge in [-0.2, -0.15) is 5.10 Å². The van der Waals surface area contributed by atoms with Crippen LogP contribution in [0, 0.1) is 6.92 Å². The fourth-order valence-corrected chi connectivity index (χ4v) is 3.51. The van der Waals surface area contributed by atoms with Crippen molar-refractivity contribution in [3.05, 3.63) is 63.7 Å². The number of aliphatic hydroxyl groups is 1. The number of hydrogen-bond acceptors (Lipinski definition) is 7. The number of aliphatic hydroxyl groups excluding tert-OH is 1. The molecule has 1 aromatic heterocycles. The summed E-state index contributed by atoms with van der Waals surface area (Å²) < 4.78 is 10.6. The van der Waals surface area contributed by atoms with Crippen LogP contribution in [0.2, 0.25) is 0 Å². The summed E-state index contributed by atoms with van der Waals surface area (Å²) in [5, 5.41) is 14.9. The number of ether oxygens (including phenoxy) is 1. The summed E-state index contributed by atoms with van der Waals surface area (Å²) in [7, 11) is 0. The van der Waals surface area contributed by atoms with E-state index in [2.05, 4.69) is 29.3 Å². The maximum atomic E-state index is 12.0. The topological polar surface area (TPSA) is 104 Å². The predicted molar refractivity (Wildman–Crippen MR) is 119 cm³/mol. The van der Waals surface area contributed by atoms with Gasteiger partial charge in [0.05, 0.1) is 6.21 Å². The number of carbonyl (C=O) groups is 1. The number of nitrogens with one attached hydrogen (secondary N) is 1. The Morgan fingerprint density at radius 1 is 1.35 bits per heavy atom. The van der Waals surface area contributed by atoms with Gasteiger partial charge in [0.1, 0.15) is 17.1 Å². The fourth-order valence-electron chi connectivity index (χ4n) is 3.51. The molecule has 164 valence electrons. The molecule has 8 nitrogen and oxygen atoms in total. The summed E-state index contributed by atoms with van der Waals surface area (Å²) in [6, 6.07) is 6.63. The molecule has 3 rings (SSSR count). The highest BCUT2D eigenvalue weighted by atomic mass is 16.5. The van der Waals surface area contributed by atoms with Crippen LogP contribution < -0.4 is 15.8 Å². The number of fused-ring (bicyclic) bond motifs is 1. The summed E-state index contributed by atoms with van der Waals surface area (Å²) in [6.45, 7) is 7.54. The second kappa shape index (κ2) is 10.1. The molecule has 1 heterocycles. The SMILES string of the molecule is CCN(CC)C1C=C(O)C(C=NNC(=O)COc2ccc3c(C)cc(=O)oc3c2)=CC1. The monoisotopic (exact) mass is 425 g/mol. The lowest BCUT2D eigenvalue weighted by Crippen LogP contribution is -2.34. The Hall–Kier alpha value is -3.39. The number of rotatable bonds is 8. The molecule has 1 amide bonds. The summed E-state index contributed by atoms with van der Waals surface area (Å²) in [5.74, 6) is 0.0895. The van der Waals surface area contributed by atoms with Gasteiger partial charge in [-0.1, -0.05) is 19.9 Å². The van der Waals surface area contributed by atoms with Crippen molar-refractivity contribution in [2.75, 3.05) is 19.7 Å². The zero-order chi connectivity index (χ0) is 22.4. The fraction of sp³-hybridized carbons (Fsp3) is 0.348. The normalized spacial score (nSPS) is 16.5. The zero-order valence-electron chi connectivity index (χ0n) is 17.9. The maximum absolute atomic E-state index is 12.0. The molecule has 0 radical (unpaired) electrons. The Balaban J connectivity index is 1.53. The van der Waals surface area contributed by atoms with Crippen LogP contribution in [-0.2, 0) is 4.79 Å². The molecule has 0 bridgehead atoms. The number of allylic oxidation sites excluding steroid dienone is 1. The van der Waals surface area contributed by atoms with Crippen LogP contribution in [0.25, 0.3) is 11.0 Å². The van der Waals surface area contributed by atoms with Crippen LogP contribution >= 0.6 is 0 Å². The van der Waals surface area contributed by atoms with Crippen molar-refractivity contribution in [2.24, 2.45) is 5.10 Å². The molecule has 1 aliphatic rings. The van der Waals surface area contributed by atoms with Crippen LogP contribution in [0.15, 0.2) is 62.1 Å². The standard InChI is InChI=1S/C23H27N3O5/c1-4-26(5-2)17-7-6-16(20(27)11-17)13-24-25-22(28)14-30-18-8-9-19-15(3)10-23(29)31-21(19)12-18/h6,8-13,17,27H,4-5,7,14H2,1-3H3,(H,25,28). The molecule has 31 heavy (non-hydrogen) atoms. The van der Waals surface area contributed by atoms with Crippen LogP contribution in [0.4, 0.5) is 0 Å². The minimum absolute atomic E-state index is 0.144. The average molecular weight is 425 g/mol. The largest absolute Gasteiger partial charge is 0.508 e. The van der Waals surface area contributed by atoms with E-state index in [1.807, 2.05) is 13.0 Å². The number of hydrogen-bond donors (Lipinski definition) is 2. The van der Waals surface area contributed by atoms with E-state index in [1.165, 1.54) is 12.3 Å². The van der Waals surface area contributed by atoms with Crippen LogP contribution in [-0.4, -0.2) is 47.9 Å². The number of benzene rings is 1. The maximum Gasteiger partial charge on any atom is 0.336 e. The number of hydrazone groups is 1. The highest BCUT2D eigenvalue weighted by Crippen LogP contribution is 2.22. The molecule has 1 unspecified atom stereocenters. The van der Waals surface area contributed by atoms with E-state index in [0.717, 1.165) is 30.5 Å². The number of nitrogens with zero attached hydrogens (tertiary/aromatic N) is 2. The third-order valence-corrected chi connectivity index (χ3v) is 5.19. The zero-order valence-corrected chi connectivity index (χ0v) is 17.9. The molecule has 0 saturated carbocycles. The van der Waals surface area contributed by atoms with Gasteiger partial charge in [0.15, 0.2) is 6.61 Å². The van der Waals surface area contributed by atoms with Crippen molar-refractivity contribution in [3.8, 4) is 5.75 Å². The second-order valence-corrected chi connectivity index (χ2v) is 7.22. The highest BCUT2D eigenvalue weighted by Gasteiger charge is 2.18. The lowest BCUT2D eigenvalue weighted by molar-refractivity contribution is -0.123. The van der Waals surface area contributed by atoms with E-state index in [-0.39, 0.29) is 18.4 Å². The molecule has 1 aromatic carbocycles. The molecule has 1 atom stereocenters. The summed E-state index contributed by atoms with van der Waals surface area (Å²) >= 11 is 0. The second-order valence-electron chi connectivity index (χ2n) is 7.22. The number of amides is 1. The van der Waals surface area contributed by atoms with Crippen molar-refractivity contribution >= 4 is 23.1 Å². The van der Waals surface area contributed by atoms with E-state index < -0.39 is 11.5 Å². The first kappa shape index (κ1) is 22.3. The van der Waals surface area contributed by atoms with Crippen LogP contribution in [0.3, 0.4) is 0 Å². The van der Waals surface area contributed by atoms with E-state index in [4.69, 9.17) is 9.15 Å². The number of carbonyl (C=O) groups excluding carboxylic acids is 1. The molecule has 2 N–H and O–H groups in total. The van der Waals surface area contributed by atoms with E-state index in [9.17, 15) is 14.7 Å². The molecule has 0 saturated heterocycles. The predicted octanol–water partition coefficient (Wildman–Crippen LogP) is 3.06. The van der Waals surface area contributed by atoms with Gasteiger partial charge in [-0.15, -0.1) is 0 Å². The van der Waals surface area contributed by atoms with Gasteiger partial charge in [0.2, 0.25) is 0 Å². The molecule has 0 spiro atoms. The van der Waals surface area contributed by atoms with Crippen LogP contribution in [0.5, 0.6) is 5.75 Å². The number of likely N-dealkylation sites (N-methyl/N-ethyl adjacent to an activating group) is 1. The molecular formula is C23H27N3O5. The van der Waals surface area contributed by atoms with Gasteiger partial charge in [0, 0.05) is 29.1 Å². The van der Waals surface area contributed by atoms with Crippen molar-refractivity contribution in [3.63, 3.8) is 0 Å². The third-order valence-electron chi connectivity index (χ3n) is 5.19. The van der Waals surface area contributed by atoms with Gasteiger partial charge in [-0.25, -0.2) is 10.2 Å². The van der Waals surface area contributed by atoms with Crippen molar-refractivity contribution in [1.82, 2.24) is 10.3 Å². The Morgan fingerprint density at radius 2 is 2.13 bits per heavy atom. The van der Waals surface area contributed by atoms with E-state index in [0.29, 0.717) is 16.9 Å². The minimum Gasteiger partial charge on any atom is -0.508 e. The third kappa shape index (κ3) is 5.61. The highest BCUT2D eigenvalue weighted by molar-refractivity contribution is 5.86. The first-order valence-corrected chi connectivity index (χ1v) is 10.3. The molecule has 0 fully saturated rings. The summed E-state index contributed by atoms with van der Waals surface area (Å²) in [6.07, 6.45) is 5.88. The van der Waals surface area contributed by atoms with Gasteiger partial charge in [0.25, 0.3) is 5.91 Å². The minimum atomic E-state index is -0.456. The average Bonchev–Trinajstić information content (AvgIpc) is 2.74. The molecule has 1 aliphatic carbocycles. The first-order chi connectivity index (χ1) is 14.9. The Kier molecular flexibility index (Phi) is 7.25. The molecule has 2 aromatic rings. The lowest BCUT2D eigenvalue weighted by atomic mass is 10.0.